The summed E-state index contributed by atoms with van der Waals surface area (Å²) in [4.78, 5) is 24.3. The average Bonchev–Trinajstić information content (AvgIpc) is 2.29. The molecule has 1 rings (SSSR count). The van der Waals surface area contributed by atoms with E-state index in [1.807, 2.05) is 0 Å². The molecule has 98 valence electrons. The summed E-state index contributed by atoms with van der Waals surface area (Å²) in [7, 11) is 0. The van der Waals surface area contributed by atoms with Gasteiger partial charge in [-0.2, -0.15) is 0 Å². The second kappa shape index (κ2) is 5.38. The SMILES string of the molecule is CCOC(=O)N1CCC(C(C)(C)C(=O)O)CC1. The average molecular weight is 243 g/mol. The number of piperidine rings is 1. The monoisotopic (exact) mass is 243 g/mol. The molecular weight excluding hydrogens is 222 g/mol. The number of nitrogens with zero attached hydrogens (tertiary/aromatic N) is 1. The molecule has 0 bridgehead atoms. The molecule has 1 heterocycles. The Balaban J connectivity index is 2.51. The van der Waals surface area contributed by atoms with Gasteiger partial charge in [-0.3, -0.25) is 4.79 Å². The van der Waals surface area contributed by atoms with Crippen molar-refractivity contribution >= 4 is 12.1 Å². The molecule has 1 saturated heterocycles. The van der Waals surface area contributed by atoms with Crippen LogP contribution in [0, 0.1) is 11.3 Å². The quantitative estimate of drug-likeness (QED) is 0.822. The second-order valence-electron chi connectivity index (χ2n) is 4.99. The number of carboxylic acid groups (broad SMARTS) is 1. The Morgan fingerprint density at radius 1 is 1.35 bits per heavy atom. The van der Waals surface area contributed by atoms with Gasteiger partial charge < -0.3 is 14.7 Å². The van der Waals surface area contributed by atoms with Crippen LogP contribution in [0.5, 0.6) is 0 Å². The van der Waals surface area contributed by atoms with E-state index in [4.69, 9.17) is 9.84 Å². The van der Waals surface area contributed by atoms with Gasteiger partial charge in [0.05, 0.1) is 12.0 Å². The van der Waals surface area contributed by atoms with E-state index in [0.717, 1.165) is 12.8 Å². The number of hydrogen-bond acceptors (Lipinski definition) is 3. The van der Waals surface area contributed by atoms with Crippen LogP contribution in [0.3, 0.4) is 0 Å². The largest absolute Gasteiger partial charge is 0.481 e. The molecule has 0 aromatic heterocycles. The van der Waals surface area contributed by atoms with Crippen molar-refractivity contribution in [2.75, 3.05) is 19.7 Å². The predicted molar refractivity (Wildman–Crippen MR) is 62.7 cm³/mol. The van der Waals surface area contributed by atoms with E-state index in [1.54, 1.807) is 25.7 Å². The lowest BCUT2D eigenvalue weighted by atomic mass is 9.74. The van der Waals surface area contributed by atoms with Crippen molar-refractivity contribution in [2.24, 2.45) is 11.3 Å². The highest BCUT2D eigenvalue weighted by atomic mass is 16.6. The van der Waals surface area contributed by atoms with Crippen molar-refractivity contribution in [3.05, 3.63) is 0 Å². The van der Waals surface area contributed by atoms with Crippen LogP contribution in [0.15, 0.2) is 0 Å². The van der Waals surface area contributed by atoms with Gasteiger partial charge >= 0.3 is 12.1 Å². The van der Waals surface area contributed by atoms with Crippen molar-refractivity contribution in [2.45, 2.75) is 33.6 Å². The van der Waals surface area contributed by atoms with E-state index in [0.29, 0.717) is 19.7 Å². The predicted octanol–water partition coefficient (Wildman–Crippen LogP) is 1.97. The number of likely N-dealkylation sites (tertiary alicyclic amines) is 1. The highest BCUT2D eigenvalue weighted by Crippen LogP contribution is 2.35. The van der Waals surface area contributed by atoms with Crippen LogP contribution in [0.4, 0.5) is 4.79 Å². The third-order valence-electron chi connectivity index (χ3n) is 3.59. The normalized spacial score (nSPS) is 17.9. The third-order valence-corrected chi connectivity index (χ3v) is 3.59. The van der Waals surface area contributed by atoms with Gasteiger partial charge in [-0.15, -0.1) is 0 Å². The van der Waals surface area contributed by atoms with Crippen molar-refractivity contribution in [3.8, 4) is 0 Å². The highest BCUT2D eigenvalue weighted by Gasteiger charge is 2.39. The number of carbonyl (C=O) groups is 2. The molecule has 5 heteroatoms. The zero-order valence-electron chi connectivity index (χ0n) is 10.7. The summed E-state index contributed by atoms with van der Waals surface area (Å²) in [5.41, 5.74) is -0.721. The molecule has 0 aromatic carbocycles. The Hall–Kier alpha value is -1.26. The Labute approximate surface area is 102 Å². The van der Waals surface area contributed by atoms with Crippen LogP contribution < -0.4 is 0 Å². The van der Waals surface area contributed by atoms with Crippen molar-refractivity contribution in [1.29, 1.82) is 0 Å². The molecule has 1 aliphatic rings. The zero-order valence-corrected chi connectivity index (χ0v) is 10.7. The lowest BCUT2D eigenvalue weighted by Crippen LogP contribution is -2.44. The number of amides is 1. The summed E-state index contributed by atoms with van der Waals surface area (Å²) in [6.45, 7) is 6.82. The molecule has 1 aliphatic heterocycles. The Morgan fingerprint density at radius 3 is 2.29 bits per heavy atom. The summed E-state index contributed by atoms with van der Waals surface area (Å²) in [6, 6.07) is 0. The fourth-order valence-corrected chi connectivity index (χ4v) is 2.17. The lowest BCUT2D eigenvalue weighted by molar-refractivity contribution is -0.151. The zero-order chi connectivity index (χ0) is 13.1. The summed E-state index contributed by atoms with van der Waals surface area (Å²) >= 11 is 0. The van der Waals surface area contributed by atoms with Crippen molar-refractivity contribution in [1.82, 2.24) is 4.90 Å². The maximum Gasteiger partial charge on any atom is 0.409 e. The van der Waals surface area contributed by atoms with E-state index >= 15 is 0 Å². The molecule has 0 aliphatic carbocycles. The number of ether oxygens (including phenoxy) is 1. The smallest absolute Gasteiger partial charge is 0.409 e. The van der Waals surface area contributed by atoms with Crippen molar-refractivity contribution < 1.29 is 19.4 Å². The maximum atomic E-state index is 11.5. The third kappa shape index (κ3) is 3.11. The molecule has 17 heavy (non-hydrogen) atoms. The van der Waals surface area contributed by atoms with Gasteiger partial charge in [-0.05, 0) is 39.5 Å². The van der Waals surface area contributed by atoms with E-state index in [2.05, 4.69) is 0 Å². The van der Waals surface area contributed by atoms with Crippen molar-refractivity contribution in [3.63, 3.8) is 0 Å². The first-order valence-corrected chi connectivity index (χ1v) is 6.04. The molecular formula is C12H21NO4. The minimum Gasteiger partial charge on any atom is -0.481 e. The number of aliphatic carboxylic acids is 1. The van der Waals surface area contributed by atoms with Crippen LogP contribution in [0.2, 0.25) is 0 Å². The van der Waals surface area contributed by atoms with Crippen LogP contribution in [-0.4, -0.2) is 41.8 Å². The van der Waals surface area contributed by atoms with E-state index in [1.165, 1.54) is 0 Å². The fraction of sp³-hybridized carbons (Fsp3) is 0.833. The molecule has 1 N–H and O–H groups in total. The van der Waals surface area contributed by atoms with Crippen LogP contribution >= 0.6 is 0 Å². The van der Waals surface area contributed by atoms with Gasteiger partial charge in [0, 0.05) is 13.1 Å². The summed E-state index contributed by atoms with van der Waals surface area (Å²) in [5, 5.41) is 9.15. The molecule has 1 amide bonds. The summed E-state index contributed by atoms with van der Waals surface area (Å²) in [6.07, 6.45) is 1.15. The first kappa shape index (κ1) is 13.8. The van der Waals surface area contributed by atoms with Gasteiger partial charge in [0.2, 0.25) is 0 Å². The van der Waals surface area contributed by atoms with E-state index < -0.39 is 11.4 Å². The molecule has 1 fully saturated rings. The topological polar surface area (TPSA) is 66.8 Å². The minimum absolute atomic E-state index is 0.116. The first-order chi connectivity index (χ1) is 7.89. The number of rotatable bonds is 3. The molecule has 0 saturated carbocycles. The fourth-order valence-electron chi connectivity index (χ4n) is 2.17. The summed E-state index contributed by atoms with van der Waals surface area (Å²) < 4.78 is 4.92. The highest BCUT2D eigenvalue weighted by molar-refractivity contribution is 5.74. The van der Waals surface area contributed by atoms with Crippen LogP contribution in [0.1, 0.15) is 33.6 Å². The molecule has 0 atom stereocenters. The minimum atomic E-state index is -0.771. The van der Waals surface area contributed by atoms with Crippen LogP contribution in [-0.2, 0) is 9.53 Å². The van der Waals surface area contributed by atoms with Gasteiger partial charge in [0.15, 0.2) is 0 Å². The van der Waals surface area contributed by atoms with Crippen LogP contribution in [0.25, 0.3) is 0 Å². The molecule has 0 radical (unpaired) electrons. The van der Waals surface area contributed by atoms with Gasteiger partial charge in [0.25, 0.3) is 0 Å². The first-order valence-electron chi connectivity index (χ1n) is 6.04. The molecule has 0 unspecified atom stereocenters. The Kier molecular flexibility index (Phi) is 4.37. The Morgan fingerprint density at radius 2 is 1.88 bits per heavy atom. The molecule has 5 nitrogen and oxygen atoms in total. The molecule has 0 aromatic rings. The Bertz CT molecular complexity index is 293. The molecule has 0 spiro atoms. The number of hydrogen-bond donors (Lipinski definition) is 1. The van der Waals surface area contributed by atoms with Gasteiger partial charge in [0.1, 0.15) is 0 Å². The lowest BCUT2D eigenvalue weighted by Gasteiger charge is -2.37. The standard InChI is InChI=1S/C12H21NO4/c1-4-17-11(16)13-7-5-9(6-8-13)12(2,3)10(14)15/h9H,4-8H2,1-3H3,(H,14,15). The number of carboxylic acids is 1. The second-order valence-corrected chi connectivity index (χ2v) is 4.99. The van der Waals surface area contributed by atoms with Gasteiger partial charge in [-0.25, -0.2) is 4.79 Å². The maximum absolute atomic E-state index is 11.5. The number of carbonyl (C=O) groups excluding carboxylic acids is 1. The van der Waals surface area contributed by atoms with E-state index in [9.17, 15) is 9.59 Å². The summed E-state index contributed by atoms with van der Waals surface area (Å²) in [5.74, 6) is -0.655. The van der Waals surface area contributed by atoms with Gasteiger partial charge in [-0.1, -0.05) is 0 Å². The van der Waals surface area contributed by atoms with E-state index in [-0.39, 0.29) is 12.0 Å².